The average molecular weight is 353 g/mol. The van der Waals surface area contributed by atoms with Gasteiger partial charge in [-0.1, -0.05) is 11.6 Å². The Balaban J connectivity index is 2.30. The van der Waals surface area contributed by atoms with Crippen LogP contribution in [0.1, 0.15) is 5.56 Å². The smallest absolute Gasteiger partial charge is 0.338 e. The van der Waals surface area contributed by atoms with Crippen molar-refractivity contribution in [3.8, 4) is 0 Å². The maximum Gasteiger partial charge on any atom is 0.416 e. The molecule has 0 amide bonds. The highest BCUT2D eigenvalue weighted by Crippen LogP contribution is 2.35. The van der Waals surface area contributed by atoms with Crippen LogP contribution in [-0.4, -0.2) is 9.97 Å². The van der Waals surface area contributed by atoms with Crippen LogP contribution in [0.15, 0.2) is 35.2 Å². The number of alkyl halides is 3. The molecule has 0 aliphatic carbocycles. The van der Waals surface area contributed by atoms with E-state index < -0.39 is 11.7 Å². The number of hydrogen-bond acceptors (Lipinski definition) is 3. The Morgan fingerprint density at radius 2 is 2.00 bits per heavy atom. The summed E-state index contributed by atoms with van der Waals surface area (Å²) in [5.41, 5.74) is -0.473. The van der Waals surface area contributed by atoms with Gasteiger partial charge in [-0.2, -0.15) is 13.2 Å². The first-order chi connectivity index (χ1) is 8.88. The van der Waals surface area contributed by atoms with Crippen molar-refractivity contribution in [2.45, 2.75) is 6.18 Å². The fourth-order valence-corrected chi connectivity index (χ4v) is 1.87. The minimum Gasteiger partial charge on any atom is -0.338 e. The minimum atomic E-state index is -4.42. The van der Waals surface area contributed by atoms with Gasteiger partial charge in [0, 0.05) is 6.20 Å². The molecule has 0 aliphatic heterocycles. The van der Waals surface area contributed by atoms with Crippen molar-refractivity contribution in [2.75, 3.05) is 5.32 Å². The number of rotatable bonds is 2. The van der Waals surface area contributed by atoms with Gasteiger partial charge in [0.2, 0.25) is 0 Å². The van der Waals surface area contributed by atoms with Crippen LogP contribution in [0.2, 0.25) is 5.02 Å². The average Bonchev–Trinajstić information content (AvgIpc) is 2.33. The minimum absolute atomic E-state index is 0.0414. The Kier molecular flexibility index (Phi) is 3.96. The van der Waals surface area contributed by atoms with Crippen molar-refractivity contribution in [1.29, 1.82) is 0 Å². The molecule has 0 spiro atoms. The van der Waals surface area contributed by atoms with E-state index in [0.717, 1.165) is 12.1 Å². The SMILES string of the molecule is FC(F)(F)c1ccc(Nc2ncncc2Br)c(Cl)c1. The Morgan fingerprint density at radius 1 is 1.26 bits per heavy atom. The highest BCUT2D eigenvalue weighted by atomic mass is 79.9. The van der Waals surface area contributed by atoms with Gasteiger partial charge in [0.25, 0.3) is 0 Å². The highest BCUT2D eigenvalue weighted by molar-refractivity contribution is 9.10. The molecule has 1 aromatic carbocycles. The Morgan fingerprint density at radius 3 is 2.58 bits per heavy atom. The molecule has 1 aromatic heterocycles. The Labute approximate surface area is 120 Å². The predicted octanol–water partition coefficient (Wildman–Crippen LogP) is 4.65. The topological polar surface area (TPSA) is 37.8 Å². The third-order valence-electron chi connectivity index (χ3n) is 2.22. The zero-order valence-corrected chi connectivity index (χ0v) is 11.5. The lowest BCUT2D eigenvalue weighted by Crippen LogP contribution is -2.05. The summed E-state index contributed by atoms with van der Waals surface area (Å²) in [6.07, 6.45) is -1.60. The Bertz CT molecular complexity index is 604. The van der Waals surface area contributed by atoms with Crippen molar-refractivity contribution in [1.82, 2.24) is 9.97 Å². The summed E-state index contributed by atoms with van der Waals surface area (Å²) in [6.45, 7) is 0. The molecule has 3 nitrogen and oxygen atoms in total. The molecule has 1 N–H and O–H groups in total. The highest BCUT2D eigenvalue weighted by Gasteiger charge is 2.30. The molecule has 19 heavy (non-hydrogen) atoms. The van der Waals surface area contributed by atoms with Gasteiger partial charge in [0.15, 0.2) is 0 Å². The molecule has 2 rings (SSSR count). The van der Waals surface area contributed by atoms with Crippen molar-refractivity contribution in [2.24, 2.45) is 0 Å². The number of hydrogen-bond donors (Lipinski definition) is 1. The lowest BCUT2D eigenvalue weighted by atomic mass is 10.2. The van der Waals surface area contributed by atoms with Gasteiger partial charge in [-0.05, 0) is 34.1 Å². The largest absolute Gasteiger partial charge is 0.416 e. The van der Waals surface area contributed by atoms with E-state index in [1.54, 1.807) is 0 Å². The molecule has 100 valence electrons. The van der Waals surface area contributed by atoms with E-state index in [2.05, 4.69) is 31.2 Å². The van der Waals surface area contributed by atoms with Crippen LogP contribution in [0.25, 0.3) is 0 Å². The van der Waals surface area contributed by atoms with Gasteiger partial charge in [-0.25, -0.2) is 9.97 Å². The summed E-state index contributed by atoms with van der Waals surface area (Å²) in [7, 11) is 0. The van der Waals surface area contributed by atoms with Crippen LogP contribution < -0.4 is 5.32 Å². The van der Waals surface area contributed by atoms with Crippen LogP contribution in [0.4, 0.5) is 24.7 Å². The first-order valence-corrected chi connectivity index (χ1v) is 6.14. The fraction of sp³-hybridized carbons (Fsp3) is 0.0909. The number of benzene rings is 1. The van der Waals surface area contributed by atoms with Crippen LogP contribution in [0.3, 0.4) is 0 Å². The number of nitrogens with zero attached hydrogens (tertiary/aromatic N) is 2. The van der Waals surface area contributed by atoms with Crippen molar-refractivity contribution in [3.05, 3.63) is 45.8 Å². The normalized spacial score (nSPS) is 11.4. The molecular weight excluding hydrogens is 346 g/mol. The lowest BCUT2D eigenvalue weighted by Gasteiger charge is -2.11. The summed E-state index contributed by atoms with van der Waals surface area (Å²) >= 11 is 9.03. The molecule has 2 aromatic rings. The van der Waals surface area contributed by atoms with Gasteiger partial charge in [-0.15, -0.1) is 0 Å². The van der Waals surface area contributed by atoms with Crippen LogP contribution in [0.5, 0.6) is 0 Å². The molecule has 0 unspecified atom stereocenters. The standard InChI is InChI=1S/C11H6BrClF3N3/c12-7-4-17-5-18-10(7)19-9-2-1-6(3-8(9)13)11(14,15)16/h1-5H,(H,17,18,19). The van der Waals surface area contributed by atoms with E-state index in [9.17, 15) is 13.2 Å². The first-order valence-electron chi connectivity index (χ1n) is 4.97. The number of nitrogens with one attached hydrogen (secondary N) is 1. The predicted molar refractivity (Wildman–Crippen MR) is 69.5 cm³/mol. The maximum atomic E-state index is 12.5. The van der Waals surface area contributed by atoms with E-state index in [0.29, 0.717) is 16.0 Å². The maximum absolute atomic E-state index is 12.5. The van der Waals surface area contributed by atoms with E-state index in [4.69, 9.17) is 11.6 Å². The molecule has 1 heterocycles. The quantitative estimate of drug-likeness (QED) is 0.854. The monoisotopic (exact) mass is 351 g/mol. The third kappa shape index (κ3) is 3.36. The van der Waals surface area contributed by atoms with Crippen LogP contribution in [-0.2, 0) is 6.18 Å². The summed E-state index contributed by atoms with van der Waals surface area (Å²) in [5, 5.41) is 2.78. The summed E-state index contributed by atoms with van der Waals surface area (Å²) < 4.78 is 38.0. The second-order valence-electron chi connectivity index (χ2n) is 3.54. The van der Waals surface area contributed by atoms with Gasteiger partial charge < -0.3 is 5.32 Å². The van der Waals surface area contributed by atoms with E-state index in [-0.39, 0.29) is 5.02 Å². The second kappa shape index (κ2) is 5.34. The summed E-state index contributed by atoms with van der Waals surface area (Å²) in [4.78, 5) is 7.71. The molecule has 0 fully saturated rings. The van der Waals surface area contributed by atoms with Crippen molar-refractivity contribution >= 4 is 39.0 Å². The van der Waals surface area contributed by atoms with Crippen LogP contribution >= 0.6 is 27.5 Å². The molecular formula is C11H6BrClF3N3. The van der Waals surface area contributed by atoms with E-state index >= 15 is 0 Å². The zero-order valence-electron chi connectivity index (χ0n) is 9.17. The first kappa shape index (κ1) is 14.1. The second-order valence-corrected chi connectivity index (χ2v) is 4.80. The lowest BCUT2D eigenvalue weighted by molar-refractivity contribution is -0.137. The van der Waals surface area contributed by atoms with Gasteiger partial charge in [0.05, 0.1) is 20.7 Å². The molecule has 0 radical (unpaired) electrons. The van der Waals surface area contributed by atoms with Gasteiger partial charge >= 0.3 is 6.18 Å². The summed E-state index contributed by atoms with van der Waals surface area (Å²) in [5.74, 6) is 0.414. The third-order valence-corrected chi connectivity index (χ3v) is 3.11. The number of aromatic nitrogens is 2. The number of halogens is 5. The van der Waals surface area contributed by atoms with E-state index in [1.807, 2.05) is 0 Å². The molecule has 8 heteroatoms. The van der Waals surface area contributed by atoms with Crippen LogP contribution in [0, 0.1) is 0 Å². The van der Waals surface area contributed by atoms with Crippen molar-refractivity contribution < 1.29 is 13.2 Å². The van der Waals surface area contributed by atoms with Gasteiger partial charge in [-0.3, -0.25) is 0 Å². The van der Waals surface area contributed by atoms with E-state index in [1.165, 1.54) is 18.6 Å². The zero-order chi connectivity index (χ0) is 14.0. The fourth-order valence-electron chi connectivity index (χ4n) is 1.32. The molecule has 0 bridgehead atoms. The molecule has 0 atom stereocenters. The van der Waals surface area contributed by atoms with Crippen molar-refractivity contribution in [3.63, 3.8) is 0 Å². The molecule has 0 saturated carbocycles. The molecule has 0 saturated heterocycles. The summed E-state index contributed by atoms with van der Waals surface area (Å²) in [6, 6.07) is 3.06. The van der Waals surface area contributed by atoms with Gasteiger partial charge in [0.1, 0.15) is 12.1 Å². The number of anilines is 2. The Hall–Kier alpha value is -1.34. The molecule has 0 aliphatic rings.